The SMILES string of the molecule is CCN(C(=O)[C@@H](C)Sc1n[nH]c(-c2ccccc2F)n1)c1ccccc1. The molecule has 0 fully saturated rings. The highest BCUT2D eigenvalue weighted by Gasteiger charge is 2.23. The quantitative estimate of drug-likeness (QED) is 0.662. The van der Waals surface area contributed by atoms with E-state index in [9.17, 15) is 9.18 Å². The zero-order valence-corrected chi connectivity index (χ0v) is 15.3. The zero-order valence-electron chi connectivity index (χ0n) is 14.5. The fourth-order valence-corrected chi connectivity index (χ4v) is 3.36. The highest BCUT2D eigenvalue weighted by atomic mass is 32.2. The van der Waals surface area contributed by atoms with Crippen LogP contribution in [0.2, 0.25) is 0 Å². The molecule has 26 heavy (non-hydrogen) atoms. The molecule has 1 N–H and O–H groups in total. The molecular weight excluding hydrogens is 351 g/mol. The molecule has 1 heterocycles. The van der Waals surface area contributed by atoms with Crippen LogP contribution in [0.25, 0.3) is 11.4 Å². The third-order valence-corrected chi connectivity index (χ3v) is 4.82. The standard InChI is InChI=1S/C19H19FN4OS/c1-3-24(14-9-5-4-6-10-14)18(25)13(2)26-19-21-17(22-23-19)15-11-7-8-12-16(15)20/h4-13H,3H2,1-2H3,(H,21,22,23)/t13-/m1/s1. The van der Waals surface area contributed by atoms with Crippen LogP contribution < -0.4 is 4.90 Å². The van der Waals surface area contributed by atoms with E-state index in [2.05, 4.69) is 15.2 Å². The molecule has 1 aromatic heterocycles. The molecule has 5 nitrogen and oxygen atoms in total. The van der Waals surface area contributed by atoms with Crippen molar-refractivity contribution in [3.63, 3.8) is 0 Å². The van der Waals surface area contributed by atoms with Crippen molar-refractivity contribution in [2.45, 2.75) is 24.3 Å². The van der Waals surface area contributed by atoms with Gasteiger partial charge in [0.05, 0.1) is 10.8 Å². The van der Waals surface area contributed by atoms with Crippen LogP contribution in [0, 0.1) is 5.82 Å². The van der Waals surface area contributed by atoms with E-state index in [-0.39, 0.29) is 17.0 Å². The first-order valence-electron chi connectivity index (χ1n) is 8.30. The maximum Gasteiger partial charge on any atom is 0.240 e. The van der Waals surface area contributed by atoms with Crippen molar-refractivity contribution in [2.75, 3.05) is 11.4 Å². The summed E-state index contributed by atoms with van der Waals surface area (Å²) in [7, 11) is 0. The van der Waals surface area contributed by atoms with Crippen LogP contribution >= 0.6 is 11.8 Å². The summed E-state index contributed by atoms with van der Waals surface area (Å²) in [4.78, 5) is 18.8. The number of para-hydroxylation sites is 1. The van der Waals surface area contributed by atoms with E-state index in [4.69, 9.17) is 0 Å². The van der Waals surface area contributed by atoms with Crippen molar-refractivity contribution in [3.05, 3.63) is 60.4 Å². The molecule has 1 amide bonds. The number of nitrogens with one attached hydrogen (secondary N) is 1. The molecule has 3 rings (SSSR count). The monoisotopic (exact) mass is 370 g/mol. The summed E-state index contributed by atoms with van der Waals surface area (Å²) in [5.41, 5.74) is 1.21. The van der Waals surface area contributed by atoms with E-state index in [1.807, 2.05) is 44.2 Å². The average molecular weight is 370 g/mol. The van der Waals surface area contributed by atoms with E-state index in [0.29, 0.717) is 23.1 Å². The van der Waals surface area contributed by atoms with Gasteiger partial charge in [0.25, 0.3) is 0 Å². The van der Waals surface area contributed by atoms with Crippen LogP contribution in [0.3, 0.4) is 0 Å². The molecule has 3 aromatic rings. The molecule has 0 bridgehead atoms. The molecule has 2 aromatic carbocycles. The smallest absolute Gasteiger partial charge is 0.240 e. The van der Waals surface area contributed by atoms with E-state index < -0.39 is 0 Å². The number of aromatic nitrogens is 3. The molecule has 0 aliphatic heterocycles. The second kappa shape index (κ2) is 8.14. The number of anilines is 1. The second-order valence-corrected chi connectivity index (χ2v) is 6.93. The number of H-pyrrole nitrogens is 1. The van der Waals surface area contributed by atoms with E-state index in [1.165, 1.54) is 17.8 Å². The molecule has 0 aliphatic carbocycles. The zero-order chi connectivity index (χ0) is 18.5. The average Bonchev–Trinajstić information content (AvgIpc) is 3.11. The minimum Gasteiger partial charge on any atom is -0.312 e. The number of amides is 1. The molecule has 1 atom stereocenters. The van der Waals surface area contributed by atoms with Gasteiger partial charge in [-0.3, -0.25) is 9.89 Å². The van der Waals surface area contributed by atoms with Crippen LogP contribution in [0.1, 0.15) is 13.8 Å². The van der Waals surface area contributed by atoms with Crippen molar-refractivity contribution < 1.29 is 9.18 Å². The Morgan fingerprint density at radius 3 is 2.58 bits per heavy atom. The summed E-state index contributed by atoms with van der Waals surface area (Å²) in [5.74, 6) is -0.0489. The van der Waals surface area contributed by atoms with Gasteiger partial charge in [-0.05, 0) is 38.1 Å². The number of nitrogens with zero attached hydrogens (tertiary/aromatic N) is 3. The number of hydrogen-bond acceptors (Lipinski definition) is 4. The molecule has 0 aliphatic rings. The number of hydrogen-bond donors (Lipinski definition) is 1. The highest BCUT2D eigenvalue weighted by Crippen LogP contribution is 2.26. The lowest BCUT2D eigenvalue weighted by molar-refractivity contribution is -0.117. The molecule has 134 valence electrons. The Morgan fingerprint density at radius 2 is 1.88 bits per heavy atom. The largest absolute Gasteiger partial charge is 0.312 e. The van der Waals surface area contributed by atoms with Crippen molar-refractivity contribution in [3.8, 4) is 11.4 Å². The van der Waals surface area contributed by atoms with Gasteiger partial charge in [-0.1, -0.05) is 42.1 Å². The van der Waals surface area contributed by atoms with Gasteiger partial charge in [-0.25, -0.2) is 9.37 Å². The Balaban J connectivity index is 1.73. The van der Waals surface area contributed by atoms with Crippen LogP contribution in [0.15, 0.2) is 59.8 Å². The van der Waals surface area contributed by atoms with Gasteiger partial charge in [0.1, 0.15) is 5.82 Å². The van der Waals surface area contributed by atoms with Crippen molar-refractivity contribution >= 4 is 23.4 Å². The number of halogens is 1. The van der Waals surface area contributed by atoms with Crippen molar-refractivity contribution in [1.29, 1.82) is 0 Å². The summed E-state index contributed by atoms with van der Waals surface area (Å²) in [6, 6.07) is 15.9. The first kappa shape index (κ1) is 18.1. The number of carbonyl (C=O) groups is 1. The Labute approximate surface area is 155 Å². The highest BCUT2D eigenvalue weighted by molar-refractivity contribution is 8.00. The Bertz CT molecular complexity index is 884. The van der Waals surface area contributed by atoms with Crippen LogP contribution in [0.5, 0.6) is 0 Å². The van der Waals surface area contributed by atoms with Crippen LogP contribution in [0.4, 0.5) is 10.1 Å². The van der Waals surface area contributed by atoms with Gasteiger partial charge in [0.2, 0.25) is 11.1 Å². The predicted molar refractivity (Wildman–Crippen MR) is 102 cm³/mol. The summed E-state index contributed by atoms with van der Waals surface area (Å²) < 4.78 is 13.9. The molecule has 0 saturated heterocycles. The molecule has 0 radical (unpaired) electrons. The third kappa shape index (κ3) is 3.94. The Hall–Kier alpha value is -2.67. The van der Waals surface area contributed by atoms with Crippen LogP contribution in [-0.2, 0) is 4.79 Å². The fraction of sp³-hybridized carbons (Fsp3) is 0.211. The molecule has 0 saturated carbocycles. The van der Waals surface area contributed by atoms with E-state index in [0.717, 1.165) is 5.69 Å². The lowest BCUT2D eigenvalue weighted by Gasteiger charge is -2.23. The molecule has 7 heteroatoms. The summed E-state index contributed by atoms with van der Waals surface area (Å²) in [6.45, 7) is 4.32. The predicted octanol–water partition coefficient (Wildman–Crippen LogP) is 4.14. The second-order valence-electron chi connectivity index (χ2n) is 5.62. The first-order valence-corrected chi connectivity index (χ1v) is 9.18. The van der Waals surface area contributed by atoms with Gasteiger partial charge >= 0.3 is 0 Å². The maximum absolute atomic E-state index is 13.9. The third-order valence-electron chi connectivity index (χ3n) is 3.87. The van der Waals surface area contributed by atoms with E-state index >= 15 is 0 Å². The first-order chi connectivity index (χ1) is 12.6. The lowest BCUT2D eigenvalue weighted by Crippen LogP contribution is -2.36. The molecule has 0 unspecified atom stereocenters. The Morgan fingerprint density at radius 1 is 1.19 bits per heavy atom. The fourth-order valence-electron chi connectivity index (χ4n) is 2.57. The number of aromatic amines is 1. The number of carbonyl (C=O) groups excluding carboxylic acids is 1. The van der Waals surface area contributed by atoms with Gasteiger partial charge in [0.15, 0.2) is 5.82 Å². The lowest BCUT2D eigenvalue weighted by atomic mass is 10.2. The van der Waals surface area contributed by atoms with Gasteiger partial charge < -0.3 is 4.90 Å². The minimum atomic E-state index is -0.376. The van der Waals surface area contributed by atoms with Gasteiger partial charge in [-0.15, -0.1) is 5.10 Å². The number of benzene rings is 2. The van der Waals surface area contributed by atoms with E-state index in [1.54, 1.807) is 23.1 Å². The molecular formula is C19H19FN4OS. The number of thioether (sulfide) groups is 1. The number of rotatable bonds is 6. The van der Waals surface area contributed by atoms with Crippen molar-refractivity contribution in [1.82, 2.24) is 15.2 Å². The minimum absolute atomic E-state index is 0.0269. The summed E-state index contributed by atoms with van der Waals surface area (Å²) in [6.07, 6.45) is 0. The summed E-state index contributed by atoms with van der Waals surface area (Å²) >= 11 is 1.24. The topological polar surface area (TPSA) is 61.9 Å². The van der Waals surface area contributed by atoms with Gasteiger partial charge in [-0.2, -0.15) is 0 Å². The van der Waals surface area contributed by atoms with Gasteiger partial charge in [0, 0.05) is 12.2 Å². The Kier molecular flexibility index (Phi) is 5.68. The molecule has 0 spiro atoms. The summed E-state index contributed by atoms with van der Waals surface area (Å²) in [5, 5.41) is 6.87. The van der Waals surface area contributed by atoms with Crippen LogP contribution in [-0.4, -0.2) is 32.9 Å². The maximum atomic E-state index is 13.9. The normalized spacial score (nSPS) is 12.0. The van der Waals surface area contributed by atoms with Crippen molar-refractivity contribution in [2.24, 2.45) is 0 Å².